The number of nitrogens with zero attached hydrogens (tertiary/aromatic N) is 3. The standard InChI is InChI=1S/C31H29ClF2N4O4S2/c1-17(2)44(39,40)19(4)42-18(3)31-38-28(15-43-31)23-12-24-27(13-26(23)34)35-16-36-30(24)37-22-8-9-29(25(32)11-22)41-14-20-6-5-7-21(33)10-20/h5-13,15-19H,14H2,1-4H3,(H,35,36,37). The molecule has 13 heteroatoms. The molecule has 0 radical (unpaired) electrons. The molecule has 0 aliphatic heterocycles. The average molecular weight is 659 g/mol. The smallest absolute Gasteiger partial charge is 0.179 e. The van der Waals surface area contributed by atoms with Crippen LogP contribution in [-0.2, 0) is 21.2 Å². The molecule has 5 aromatic rings. The van der Waals surface area contributed by atoms with Gasteiger partial charge in [0.1, 0.15) is 47.2 Å². The van der Waals surface area contributed by atoms with E-state index in [4.69, 9.17) is 21.1 Å². The van der Waals surface area contributed by atoms with Gasteiger partial charge in [0.2, 0.25) is 0 Å². The summed E-state index contributed by atoms with van der Waals surface area (Å²) in [5, 5.41) is 5.71. The number of hydrogen-bond donors (Lipinski definition) is 1. The van der Waals surface area contributed by atoms with Crippen molar-refractivity contribution < 1.29 is 26.7 Å². The number of sulfone groups is 1. The van der Waals surface area contributed by atoms with Crippen LogP contribution >= 0.6 is 22.9 Å². The lowest BCUT2D eigenvalue weighted by Crippen LogP contribution is -2.29. The van der Waals surface area contributed by atoms with Gasteiger partial charge in [0.25, 0.3) is 0 Å². The molecule has 3 aromatic carbocycles. The highest BCUT2D eigenvalue weighted by molar-refractivity contribution is 7.92. The summed E-state index contributed by atoms with van der Waals surface area (Å²) >= 11 is 7.72. The molecule has 0 spiro atoms. The second-order valence-electron chi connectivity index (χ2n) is 10.3. The van der Waals surface area contributed by atoms with Crippen LogP contribution < -0.4 is 10.1 Å². The summed E-state index contributed by atoms with van der Waals surface area (Å²) < 4.78 is 65.2. The van der Waals surface area contributed by atoms with Crippen LogP contribution in [0, 0.1) is 11.6 Å². The molecular weight excluding hydrogens is 630 g/mol. The van der Waals surface area contributed by atoms with Crippen molar-refractivity contribution in [2.45, 2.75) is 51.1 Å². The fraction of sp³-hybridized carbons (Fsp3) is 0.258. The lowest BCUT2D eigenvalue weighted by Gasteiger charge is -2.19. The Morgan fingerprint density at radius 1 is 1.02 bits per heavy atom. The number of fused-ring (bicyclic) bond motifs is 1. The van der Waals surface area contributed by atoms with Gasteiger partial charge < -0.3 is 14.8 Å². The summed E-state index contributed by atoms with van der Waals surface area (Å²) in [6.45, 7) is 6.57. The van der Waals surface area contributed by atoms with E-state index in [1.165, 1.54) is 42.8 Å². The number of thiazole rings is 1. The number of nitrogens with one attached hydrogen (secondary N) is 1. The Kier molecular flexibility index (Phi) is 9.45. The van der Waals surface area contributed by atoms with Crippen LogP contribution in [0.15, 0.2) is 66.3 Å². The number of rotatable bonds is 11. The first kappa shape index (κ1) is 31.7. The second-order valence-corrected chi connectivity index (χ2v) is 14.4. The van der Waals surface area contributed by atoms with Crippen LogP contribution in [0.5, 0.6) is 5.75 Å². The van der Waals surface area contributed by atoms with Crippen molar-refractivity contribution in [1.29, 1.82) is 0 Å². The molecule has 1 N–H and O–H groups in total. The van der Waals surface area contributed by atoms with E-state index in [-0.39, 0.29) is 18.0 Å². The topological polar surface area (TPSA) is 103 Å². The monoisotopic (exact) mass is 658 g/mol. The number of anilines is 2. The predicted molar refractivity (Wildman–Crippen MR) is 169 cm³/mol. The number of aromatic nitrogens is 3. The number of hydrogen-bond acceptors (Lipinski definition) is 9. The second kappa shape index (κ2) is 13.1. The van der Waals surface area contributed by atoms with Crippen molar-refractivity contribution in [2.24, 2.45) is 0 Å². The minimum atomic E-state index is -3.46. The Balaban J connectivity index is 1.36. The zero-order valence-electron chi connectivity index (χ0n) is 24.2. The zero-order valence-corrected chi connectivity index (χ0v) is 26.6. The first-order valence-electron chi connectivity index (χ1n) is 13.6. The van der Waals surface area contributed by atoms with Gasteiger partial charge in [0.05, 0.1) is 21.5 Å². The highest BCUT2D eigenvalue weighted by atomic mass is 35.5. The SMILES string of the molecule is CC(OC(C)S(=O)(=O)C(C)C)c1nc(-c2cc3c(Nc4ccc(OCc5cccc(F)c5)c(Cl)c4)ncnc3cc2F)cs1. The molecule has 0 saturated heterocycles. The Morgan fingerprint density at radius 3 is 2.55 bits per heavy atom. The molecule has 44 heavy (non-hydrogen) atoms. The van der Waals surface area contributed by atoms with E-state index in [9.17, 15) is 12.8 Å². The molecule has 0 bridgehead atoms. The van der Waals surface area contributed by atoms with Gasteiger partial charge in [-0.3, -0.25) is 0 Å². The fourth-order valence-electron chi connectivity index (χ4n) is 4.40. The summed E-state index contributed by atoms with van der Waals surface area (Å²) in [6, 6.07) is 14.1. The molecule has 2 atom stereocenters. The van der Waals surface area contributed by atoms with Gasteiger partial charge in [-0.05, 0) is 69.7 Å². The molecule has 2 heterocycles. The molecular formula is C31H29ClF2N4O4S2. The summed E-state index contributed by atoms with van der Waals surface area (Å²) in [5.41, 5.74) is 1.23. The molecule has 5 rings (SSSR count). The van der Waals surface area contributed by atoms with Crippen LogP contribution in [-0.4, -0.2) is 34.1 Å². The Bertz CT molecular complexity index is 1920. The Morgan fingerprint density at radius 2 is 1.82 bits per heavy atom. The summed E-state index contributed by atoms with van der Waals surface area (Å²) in [5.74, 6) is -0.0288. The van der Waals surface area contributed by atoms with Gasteiger partial charge in [0, 0.05) is 28.1 Å². The molecule has 0 aliphatic rings. The third-order valence-electron chi connectivity index (χ3n) is 6.86. The van der Waals surface area contributed by atoms with E-state index in [2.05, 4.69) is 20.3 Å². The summed E-state index contributed by atoms with van der Waals surface area (Å²) in [4.78, 5) is 13.1. The molecule has 0 fully saturated rings. The maximum Gasteiger partial charge on any atom is 0.179 e. The minimum absolute atomic E-state index is 0.147. The van der Waals surface area contributed by atoms with Crippen LogP contribution in [0.25, 0.3) is 22.2 Å². The lowest BCUT2D eigenvalue weighted by atomic mass is 10.1. The number of benzene rings is 3. The Hall–Kier alpha value is -3.71. The largest absolute Gasteiger partial charge is 0.487 e. The Labute approximate surface area is 263 Å². The minimum Gasteiger partial charge on any atom is -0.487 e. The normalized spacial score (nSPS) is 13.3. The van der Waals surface area contributed by atoms with Crippen molar-refractivity contribution in [1.82, 2.24) is 15.0 Å². The first-order chi connectivity index (χ1) is 20.9. The van der Waals surface area contributed by atoms with E-state index >= 15 is 4.39 Å². The van der Waals surface area contributed by atoms with Gasteiger partial charge in [-0.15, -0.1) is 11.3 Å². The van der Waals surface area contributed by atoms with Gasteiger partial charge in [0.15, 0.2) is 15.3 Å². The third-order valence-corrected chi connectivity index (χ3v) is 10.5. The quantitative estimate of drug-likeness (QED) is 0.151. The van der Waals surface area contributed by atoms with E-state index < -0.39 is 32.4 Å². The van der Waals surface area contributed by atoms with Crippen molar-refractivity contribution in [3.63, 3.8) is 0 Å². The average Bonchev–Trinajstić information content (AvgIpc) is 3.47. The van der Waals surface area contributed by atoms with Crippen LogP contribution in [0.1, 0.15) is 44.4 Å². The highest BCUT2D eigenvalue weighted by Gasteiger charge is 2.28. The summed E-state index contributed by atoms with van der Waals surface area (Å²) in [7, 11) is -3.46. The molecule has 2 unspecified atom stereocenters. The molecule has 0 aliphatic carbocycles. The van der Waals surface area contributed by atoms with E-state index in [1.54, 1.807) is 62.5 Å². The van der Waals surface area contributed by atoms with Gasteiger partial charge in [-0.2, -0.15) is 0 Å². The first-order valence-corrected chi connectivity index (χ1v) is 16.5. The maximum absolute atomic E-state index is 15.3. The van der Waals surface area contributed by atoms with Crippen molar-refractivity contribution in [2.75, 3.05) is 5.32 Å². The summed E-state index contributed by atoms with van der Waals surface area (Å²) in [6.07, 6.45) is 0.709. The fourth-order valence-corrected chi connectivity index (χ4v) is 6.53. The van der Waals surface area contributed by atoms with Crippen LogP contribution in [0.2, 0.25) is 5.02 Å². The van der Waals surface area contributed by atoms with Crippen molar-refractivity contribution >= 4 is 55.2 Å². The van der Waals surface area contributed by atoms with Crippen molar-refractivity contribution in [3.05, 3.63) is 93.5 Å². The maximum atomic E-state index is 15.3. The predicted octanol–water partition coefficient (Wildman–Crippen LogP) is 8.25. The third kappa shape index (κ3) is 6.99. The van der Waals surface area contributed by atoms with E-state index in [0.29, 0.717) is 49.4 Å². The van der Waals surface area contributed by atoms with Gasteiger partial charge in [-0.25, -0.2) is 32.2 Å². The van der Waals surface area contributed by atoms with E-state index in [0.717, 1.165) is 0 Å². The van der Waals surface area contributed by atoms with Gasteiger partial charge in [-0.1, -0.05) is 23.7 Å². The molecule has 2 aromatic heterocycles. The lowest BCUT2D eigenvalue weighted by molar-refractivity contribution is 0.0499. The van der Waals surface area contributed by atoms with Gasteiger partial charge >= 0.3 is 0 Å². The molecule has 8 nitrogen and oxygen atoms in total. The van der Waals surface area contributed by atoms with E-state index in [1.807, 2.05) is 0 Å². The zero-order chi connectivity index (χ0) is 31.6. The highest BCUT2D eigenvalue weighted by Crippen LogP contribution is 2.35. The molecule has 0 saturated carbocycles. The molecule has 230 valence electrons. The molecule has 0 amide bonds. The van der Waals surface area contributed by atoms with Crippen LogP contribution in [0.4, 0.5) is 20.3 Å². The van der Waals surface area contributed by atoms with Crippen LogP contribution in [0.3, 0.4) is 0 Å². The van der Waals surface area contributed by atoms with Crippen molar-refractivity contribution in [3.8, 4) is 17.0 Å². The number of ether oxygens (including phenoxy) is 2. The number of halogens is 3.